The van der Waals surface area contributed by atoms with Gasteiger partial charge in [0.05, 0.1) is 0 Å². The van der Waals surface area contributed by atoms with E-state index in [2.05, 4.69) is 5.32 Å². The number of pyridine rings is 1. The minimum Gasteiger partial charge on any atom is -0.494 e. The van der Waals surface area contributed by atoms with Crippen molar-refractivity contribution in [1.29, 1.82) is 0 Å². The first-order valence-electron chi connectivity index (χ1n) is 5.72. The minimum atomic E-state index is -4.69. The standard InChI is InChI=1S/C11H16N2O6S/c1-6-4-9(15)13(5-7(2)12-8(3)14)11(16)10(6)20(17,18)19/h4,7,15H,5H2,1-3H3,(H,12,14)(H,17,18,19). The lowest BCUT2D eigenvalue weighted by molar-refractivity contribution is -0.119. The lowest BCUT2D eigenvalue weighted by Crippen LogP contribution is -2.38. The Balaban J connectivity index is 3.35. The Morgan fingerprint density at radius 1 is 1.50 bits per heavy atom. The second-order valence-electron chi connectivity index (χ2n) is 4.51. The van der Waals surface area contributed by atoms with Gasteiger partial charge >= 0.3 is 0 Å². The smallest absolute Gasteiger partial charge is 0.300 e. The van der Waals surface area contributed by atoms with Gasteiger partial charge in [-0.15, -0.1) is 0 Å². The number of rotatable bonds is 4. The molecular weight excluding hydrogens is 288 g/mol. The van der Waals surface area contributed by atoms with E-state index in [1.165, 1.54) is 13.8 Å². The number of aromatic hydroxyl groups is 1. The number of aryl methyl sites for hydroxylation is 1. The van der Waals surface area contributed by atoms with Gasteiger partial charge in [-0.25, -0.2) is 0 Å². The summed E-state index contributed by atoms with van der Waals surface area (Å²) in [6.45, 7) is 4.02. The van der Waals surface area contributed by atoms with Gasteiger partial charge in [0.1, 0.15) is 0 Å². The lowest BCUT2D eigenvalue weighted by Gasteiger charge is -2.17. The molecule has 1 atom stereocenters. The highest BCUT2D eigenvalue weighted by atomic mass is 32.2. The van der Waals surface area contributed by atoms with Gasteiger partial charge in [-0.05, 0) is 19.4 Å². The summed E-state index contributed by atoms with van der Waals surface area (Å²) in [7, 11) is -4.69. The zero-order valence-electron chi connectivity index (χ0n) is 11.2. The van der Waals surface area contributed by atoms with Crippen LogP contribution in [0.25, 0.3) is 0 Å². The molecule has 0 fully saturated rings. The van der Waals surface area contributed by atoms with Crippen molar-refractivity contribution in [3.05, 3.63) is 22.0 Å². The summed E-state index contributed by atoms with van der Waals surface area (Å²) >= 11 is 0. The highest BCUT2D eigenvalue weighted by molar-refractivity contribution is 7.85. The van der Waals surface area contributed by atoms with Gasteiger partial charge in [-0.1, -0.05) is 0 Å². The van der Waals surface area contributed by atoms with Crippen LogP contribution in [0, 0.1) is 6.92 Å². The summed E-state index contributed by atoms with van der Waals surface area (Å²) in [5, 5.41) is 12.2. The maximum atomic E-state index is 12.0. The van der Waals surface area contributed by atoms with E-state index in [4.69, 9.17) is 4.55 Å². The van der Waals surface area contributed by atoms with Crippen molar-refractivity contribution in [2.24, 2.45) is 0 Å². The summed E-state index contributed by atoms with van der Waals surface area (Å²) in [6, 6.07) is 0.554. The van der Waals surface area contributed by atoms with Crippen LogP contribution in [0.15, 0.2) is 15.8 Å². The third-order valence-corrected chi connectivity index (χ3v) is 3.60. The molecule has 1 aromatic heterocycles. The molecule has 0 radical (unpaired) electrons. The van der Waals surface area contributed by atoms with Crippen LogP contribution in [0.3, 0.4) is 0 Å². The molecule has 0 saturated carbocycles. The fraction of sp³-hybridized carbons (Fsp3) is 0.455. The molecule has 0 aliphatic rings. The van der Waals surface area contributed by atoms with Crippen molar-refractivity contribution in [3.63, 3.8) is 0 Å². The van der Waals surface area contributed by atoms with Crippen LogP contribution in [0.1, 0.15) is 19.4 Å². The molecule has 1 heterocycles. The topological polar surface area (TPSA) is 126 Å². The van der Waals surface area contributed by atoms with Gasteiger partial charge in [0.15, 0.2) is 10.8 Å². The van der Waals surface area contributed by atoms with E-state index in [9.17, 15) is 23.1 Å². The van der Waals surface area contributed by atoms with E-state index in [-0.39, 0.29) is 18.0 Å². The molecule has 3 N–H and O–H groups in total. The Morgan fingerprint density at radius 3 is 2.50 bits per heavy atom. The van der Waals surface area contributed by atoms with Crippen LogP contribution in [0.4, 0.5) is 0 Å². The molecule has 0 saturated heterocycles. The second-order valence-corrected chi connectivity index (χ2v) is 5.87. The van der Waals surface area contributed by atoms with Crippen molar-refractivity contribution in [1.82, 2.24) is 9.88 Å². The molecule has 112 valence electrons. The normalized spacial score (nSPS) is 13.0. The van der Waals surface area contributed by atoms with Gasteiger partial charge < -0.3 is 10.4 Å². The fourth-order valence-corrected chi connectivity index (χ4v) is 2.69. The molecule has 0 aromatic carbocycles. The molecule has 1 aromatic rings. The zero-order valence-corrected chi connectivity index (χ0v) is 12.1. The highest BCUT2D eigenvalue weighted by Crippen LogP contribution is 2.16. The summed E-state index contributed by atoms with van der Waals surface area (Å²) in [4.78, 5) is 22.1. The molecular formula is C11H16N2O6S. The number of hydrogen-bond acceptors (Lipinski definition) is 5. The number of amides is 1. The summed E-state index contributed by atoms with van der Waals surface area (Å²) in [5.41, 5.74) is -1.10. The van der Waals surface area contributed by atoms with Crippen LogP contribution >= 0.6 is 0 Å². The first kappa shape index (κ1) is 16.2. The van der Waals surface area contributed by atoms with Crippen LogP contribution in [0.2, 0.25) is 0 Å². The number of hydrogen-bond donors (Lipinski definition) is 3. The molecule has 1 amide bonds. The molecule has 1 unspecified atom stereocenters. The SMILES string of the molecule is CC(=O)NC(C)Cn1c(O)cc(C)c(S(=O)(=O)O)c1=O. The van der Waals surface area contributed by atoms with E-state index in [1.807, 2.05) is 0 Å². The van der Waals surface area contributed by atoms with Crippen LogP contribution in [0.5, 0.6) is 5.88 Å². The first-order valence-corrected chi connectivity index (χ1v) is 7.16. The average molecular weight is 304 g/mol. The molecule has 8 nitrogen and oxygen atoms in total. The maximum absolute atomic E-state index is 12.0. The lowest BCUT2D eigenvalue weighted by atomic mass is 10.2. The molecule has 0 aliphatic heterocycles. The quantitative estimate of drug-likeness (QED) is 0.652. The molecule has 20 heavy (non-hydrogen) atoms. The fourth-order valence-electron chi connectivity index (χ4n) is 1.89. The summed E-state index contributed by atoms with van der Waals surface area (Å²) in [5.74, 6) is -0.774. The number of carbonyl (C=O) groups excluding carboxylic acids is 1. The molecule has 0 bridgehead atoms. The highest BCUT2D eigenvalue weighted by Gasteiger charge is 2.22. The van der Waals surface area contributed by atoms with E-state index >= 15 is 0 Å². The summed E-state index contributed by atoms with van der Waals surface area (Å²) < 4.78 is 32.2. The minimum absolute atomic E-state index is 0.0570. The monoisotopic (exact) mass is 304 g/mol. The Hall–Kier alpha value is -1.87. The van der Waals surface area contributed by atoms with Crippen molar-refractivity contribution < 1.29 is 22.9 Å². The zero-order chi connectivity index (χ0) is 15.7. The second kappa shape index (κ2) is 5.63. The van der Waals surface area contributed by atoms with Crippen molar-refractivity contribution in [2.45, 2.75) is 38.3 Å². The first-order chi connectivity index (χ1) is 9.04. The van der Waals surface area contributed by atoms with E-state index in [0.717, 1.165) is 10.6 Å². The predicted octanol–water partition coefficient (Wildman–Crippen LogP) is -0.366. The largest absolute Gasteiger partial charge is 0.494 e. The van der Waals surface area contributed by atoms with Gasteiger partial charge in [0.2, 0.25) is 5.91 Å². The number of carbonyl (C=O) groups is 1. The van der Waals surface area contributed by atoms with Crippen molar-refractivity contribution in [3.8, 4) is 5.88 Å². The number of aromatic nitrogens is 1. The van der Waals surface area contributed by atoms with Crippen LogP contribution in [-0.4, -0.2) is 34.6 Å². The Kier molecular flexibility index (Phi) is 4.56. The predicted molar refractivity (Wildman–Crippen MR) is 70.2 cm³/mol. The van der Waals surface area contributed by atoms with E-state index in [1.54, 1.807) is 6.92 Å². The third-order valence-electron chi connectivity index (χ3n) is 2.58. The van der Waals surface area contributed by atoms with E-state index in [0.29, 0.717) is 0 Å². The average Bonchev–Trinajstić information content (AvgIpc) is 2.20. The third kappa shape index (κ3) is 3.58. The van der Waals surface area contributed by atoms with Crippen LogP contribution in [-0.2, 0) is 21.5 Å². The maximum Gasteiger partial charge on any atom is 0.300 e. The van der Waals surface area contributed by atoms with Crippen molar-refractivity contribution >= 4 is 16.0 Å². The van der Waals surface area contributed by atoms with Gasteiger partial charge in [0, 0.05) is 25.6 Å². The Morgan fingerprint density at radius 2 is 2.05 bits per heavy atom. The Bertz CT molecular complexity index is 692. The molecule has 9 heteroatoms. The molecule has 0 aliphatic carbocycles. The van der Waals surface area contributed by atoms with Crippen LogP contribution < -0.4 is 10.9 Å². The molecule has 0 spiro atoms. The van der Waals surface area contributed by atoms with E-state index < -0.39 is 32.5 Å². The molecule has 1 rings (SSSR count). The summed E-state index contributed by atoms with van der Waals surface area (Å²) in [6.07, 6.45) is 0. The van der Waals surface area contributed by atoms with Crippen molar-refractivity contribution in [2.75, 3.05) is 0 Å². The number of nitrogens with one attached hydrogen (secondary N) is 1. The number of nitrogens with zero attached hydrogens (tertiary/aromatic N) is 1. The Labute approximate surface area is 115 Å². The van der Waals surface area contributed by atoms with Gasteiger partial charge in [0.25, 0.3) is 15.7 Å². The van der Waals surface area contributed by atoms with Gasteiger partial charge in [-0.2, -0.15) is 8.42 Å². The van der Waals surface area contributed by atoms with Gasteiger partial charge in [-0.3, -0.25) is 18.7 Å².